The third-order valence-electron chi connectivity index (χ3n) is 3.74. The lowest BCUT2D eigenvalue weighted by Gasteiger charge is -2.22. The van der Waals surface area contributed by atoms with Gasteiger partial charge in [-0.05, 0) is 19.9 Å². The van der Waals surface area contributed by atoms with Crippen LogP contribution < -0.4 is 5.32 Å². The first-order valence-electron chi connectivity index (χ1n) is 6.76. The molecule has 1 saturated heterocycles. The highest BCUT2D eigenvalue weighted by Crippen LogP contribution is 2.23. The van der Waals surface area contributed by atoms with Crippen molar-refractivity contribution >= 4 is 28.3 Å². The van der Waals surface area contributed by atoms with E-state index in [9.17, 15) is 13.2 Å². The summed E-state index contributed by atoms with van der Waals surface area (Å²) in [6, 6.07) is 1.42. The smallest absolute Gasteiger partial charge is 0.289 e. The Morgan fingerprint density at radius 3 is 2.50 bits per heavy atom. The van der Waals surface area contributed by atoms with Gasteiger partial charge in [-0.2, -0.15) is 0 Å². The first-order valence-corrected chi connectivity index (χ1v) is 8.20. The molecule has 0 spiro atoms. The lowest BCUT2D eigenvalue weighted by atomic mass is 10.2. The zero-order valence-corrected chi connectivity index (χ0v) is 14.8. The Hall–Kier alpha value is -1.09. The molecule has 1 atom stereocenters. The lowest BCUT2D eigenvalue weighted by Crippen LogP contribution is -2.38. The SMILES string of the molecule is Cc1oc(C(=O)N(C)C2CCNC2)cc1S(=O)(=O)N(C)C.Cl. The average Bonchev–Trinajstić information content (AvgIpc) is 3.05. The van der Waals surface area contributed by atoms with Crippen LogP contribution in [0.15, 0.2) is 15.4 Å². The quantitative estimate of drug-likeness (QED) is 0.863. The van der Waals surface area contributed by atoms with Gasteiger partial charge in [-0.1, -0.05) is 0 Å². The fourth-order valence-electron chi connectivity index (χ4n) is 2.33. The van der Waals surface area contributed by atoms with Gasteiger partial charge in [0.2, 0.25) is 10.0 Å². The van der Waals surface area contributed by atoms with Crippen molar-refractivity contribution in [1.29, 1.82) is 0 Å². The number of carbonyl (C=O) groups excluding carboxylic acids is 1. The lowest BCUT2D eigenvalue weighted by molar-refractivity contribution is 0.0710. The summed E-state index contributed by atoms with van der Waals surface area (Å²) >= 11 is 0. The normalized spacial score (nSPS) is 18.3. The molecule has 1 amide bonds. The molecule has 126 valence electrons. The molecule has 1 aliphatic heterocycles. The second-order valence-corrected chi connectivity index (χ2v) is 7.50. The van der Waals surface area contributed by atoms with Crippen LogP contribution >= 0.6 is 12.4 Å². The summed E-state index contributed by atoms with van der Waals surface area (Å²) in [5.41, 5.74) is 0. The Kier molecular flexibility index (Phi) is 6.03. The highest BCUT2D eigenvalue weighted by atomic mass is 35.5. The van der Waals surface area contributed by atoms with Crippen LogP contribution in [-0.2, 0) is 10.0 Å². The van der Waals surface area contributed by atoms with Crippen LogP contribution in [0.2, 0.25) is 0 Å². The summed E-state index contributed by atoms with van der Waals surface area (Å²) in [6.07, 6.45) is 0.880. The number of amides is 1. The number of aryl methyl sites for hydroxylation is 1. The predicted octanol–water partition coefficient (Wildman–Crippen LogP) is 0.694. The summed E-state index contributed by atoms with van der Waals surface area (Å²) in [6.45, 7) is 3.16. The number of furan rings is 1. The molecule has 2 heterocycles. The van der Waals surface area contributed by atoms with Gasteiger partial charge in [0.1, 0.15) is 10.7 Å². The van der Waals surface area contributed by atoms with Crippen LogP contribution in [0.1, 0.15) is 22.7 Å². The van der Waals surface area contributed by atoms with Gasteiger partial charge in [0.25, 0.3) is 5.91 Å². The number of nitrogens with zero attached hydrogens (tertiary/aromatic N) is 2. The Morgan fingerprint density at radius 1 is 1.36 bits per heavy atom. The number of rotatable bonds is 4. The van der Waals surface area contributed by atoms with Crippen molar-refractivity contribution < 1.29 is 17.6 Å². The molecular weight excluding hydrogens is 330 g/mol. The third kappa shape index (κ3) is 3.45. The molecule has 0 radical (unpaired) electrons. The molecule has 1 aromatic rings. The van der Waals surface area contributed by atoms with Crippen LogP contribution in [0.3, 0.4) is 0 Å². The topological polar surface area (TPSA) is 82.9 Å². The monoisotopic (exact) mass is 351 g/mol. The van der Waals surface area contributed by atoms with Crippen molar-refractivity contribution in [3.05, 3.63) is 17.6 Å². The molecule has 0 saturated carbocycles. The second-order valence-electron chi connectivity index (χ2n) is 5.38. The van der Waals surface area contributed by atoms with E-state index in [1.807, 2.05) is 0 Å². The van der Waals surface area contributed by atoms with Crippen molar-refractivity contribution in [2.75, 3.05) is 34.2 Å². The minimum Gasteiger partial charge on any atom is -0.455 e. The fourth-order valence-corrected chi connectivity index (χ4v) is 3.39. The van der Waals surface area contributed by atoms with Gasteiger partial charge in [0.05, 0.1) is 0 Å². The largest absolute Gasteiger partial charge is 0.455 e. The molecule has 7 nitrogen and oxygen atoms in total. The van der Waals surface area contributed by atoms with E-state index in [1.165, 1.54) is 20.2 Å². The molecule has 2 rings (SSSR count). The van der Waals surface area contributed by atoms with Crippen LogP contribution in [-0.4, -0.2) is 63.8 Å². The number of halogens is 1. The summed E-state index contributed by atoms with van der Waals surface area (Å²) in [5.74, 6) is -0.0145. The number of hydrogen-bond donors (Lipinski definition) is 1. The van der Waals surface area contributed by atoms with E-state index in [2.05, 4.69) is 5.32 Å². The van der Waals surface area contributed by atoms with Crippen molar-refractivity contribution in [3.8, 4) is 0 Å². The zero-order chi connectivity index (χ0) is 15.8. The zero-order valence-electron chi connectivity index (χ0n) is 13.1. The first kappa shape index (κ1) is 19.0. The molecule has 1 N–H and O–H groups in total. The first-order chi connectivity index (χ1) is 9.75. The molecule has 1 aliphatic rings. The van der Waals surface area contributed by atoms with Crippen LogP contribution in [0.25, 0.3) is 0 Å². The fraction of sp³-hybridized carbons (Fsp3) is 0.615. The molecule has 0 aromatic carbocycles. The predicted molar refractivity (Wildman–Crippen MR) is 84.9 cm³/mol. The summed E-state index contributed by atoms with van der Waals surface area (Å²) < 4.78 is 30.8. The van der Waals surface area contributed by atoms with E-state index in [0.717, 1.165) is 23.8 Å². The average molecular weight is 352 g/mol. The minimum absolute atomic E-state index is 0. The van der Waals surface area contributed by atoms with Crippen molar-refractivity contribution in [2.24, 2.45) is 0 Å². The molecule has 9 heteroatoms. The van der Waals surface area contributed by atoms with Gasteiger partial charge in [-0.25, -0.2) is 12.7 Å². The second kappa shape index (κ2) is 6.99. The third-order valence-corrected chi connectivity index (χ3v) is 5.67. The number of nitrogens with one attached hydrogen (secondary N) is 1. The van der Waals surface area contributed by atoms with Gasteiger partial charge in [-0.3, -0.25) is 4.79 Å². The highest BCUT2D eigenvalue weighted by molar-refractivity contribution is 7.89. The van der Waals surface area contributed by atoms with E-state index >= 15 is 0 Å². The molecule has 0 aliphatic carbocycles. The van der Waals surface area contributed by atoms with Crippen molar-refractivity contribution in [3.63, 3.8) is 0 Å². The maximum Gasteiger partial charge on any atom is 0.289 e. The molecule has 0 bridgehead atoms. The summed E-state index contributed by atoms with van der Waals surface area (Å²) in [4.78, 5) is 14.0. The van der Waals surface area contributed by atoms with Crippen molar-refractivity contribution in [2.45, 2.75) is 24.3 Å². The van der Waals surface area contributed by atoms with E-state index in [0.29, 0.717) is 0 Å². The Bertz CT molecular complexity index is 636. The number of carbonyl (C=O) groups is 1. The maximum absolute atomic E-state index is 12.4. The van der Waals surface area contributed by atoms with Gasteiger partial charge in [0, 0.05) is 39.8 Å². The van der Waals surface area contributed by atoms with Gasteiger partial charge >= 0.3 is 0 Å². The maximum atomic E-state index is 12.4. The van der Waals surface area contributed by atoms with Crippen molar-refractivity contribution in [1.82, 2.24) is 14.5 Å². The standard InChI is InChI=1S/C13H21N3O4S.ClH/c1-9-12(21(18,19)15(2)3)7-11(20-9)13(17)16(4)10-5-6-14-8-10;/h7,10,14H,5-6,8H2,1-4H3;1H. The summed E-state index contributed by atoms with van der Waals surface area (Å²) in [5, 5.41) is 3.19. The van der Waals surface area contributed by atoms with E-state index < -0.39 is 10.0 Å². The molecule has 1 unspecified atom stereocenters. The number of sulfonamides is 1. The van der Waals surface area contributed by atoms with E-state index in [1.54, 1.807) is 18.9 Å². The molecular formula is C13H22ClN3O4S. The Labute approximate surface area is 137 Å². The summed E-state index contributed by atoms with van der Waals surface area (Å²) in [7, 11) is 0.986. The molecule has 1 fully saturated rings. The van der Waals surface area contributed by atoms with Gasteiger partial charge < -0.3 is 14.6 Å². The van der Waals surface area contributed by atoms with Crippen LogP contribution in [0.4, 0.5) is 0 Å². The molecule has 1 aromatic heterocycles. The molecule has 22 heavy (non-hydrogen) atoms. The highest BCUT2D eigenvalue weighted by Gasteiger charge is 2.30. The van der Waals surface area contributed by atoms with E-state index in [-0.39, 0.29) is 40.8 Å². The Balaban J connectivity index is 0.00000242. The van der Waals surface area contributed by atoms with E-state index in [4.69, 9.17) is 4.42 Å². The van der Waals surface area contributed by atoms with Crippen LogP contribution in [0, 0.1) is 6.92 Å². The van der Waals surface area contributed by atoms with Gasteiger partial charge in [-0.15, -0.1) is 12.4 Å². The van der Waals surface area contributed by atoms with Gasteiger partial charge in [0.15, 0.2) is 5.76 Å². The Morgan fingerprint density at radius 2 is 2.00 bits per heavy atom. The number of likely N-dealkylation sites (N-methyl/N-ethyl adjacent to an activating group) is 1. The minimum atomic E-state index is -3.61. The number of hydrogen-bond acceptors (Lipinski definition) is 5. The van der Waals surface area contributed by atoms with Crippen LogP contribution in [0.5, 0.6) is 0 Å².